The molecule has 0 unspecified atom stereocenters. The van der Waals surface area contributed by atoms with E-state index >= 15 is 0 Å². The van der Waals surface area contributed by atoms with Gasteiger partial charge in [-0.15, -0.1) is 0 Å². The molecule has 1 rings (SSSR count). The second kappa shape index (κ2) is 8.13. The van der Waals surface area contributed by atoms with E-state index in [0.29, 0.717) is 6.61 Å². The highest BCUT2D eigenvalue weighted by Gasteiger charge is 2.36. The maximum Gasteiger partial charge on any atom is 0.414 e. The molecule has 0 aliphatic carbocycles. The third-order valence-electron chi connectivity index (χ3n) is 4.96. The van der Waals surface area contributed by atoms with Crippen LogP contribution in [0, 0.1) is 6.92 Å². The Kier molecular flexibility index (Phi) is 7.10. The zero-order chi connectivity index (χ0) is 20.3. The minimum atomic E-state index is -1.73. The van der Waals surface area contributed by atoms with E-state index < -0.39 is 13.9 Å². The summed E-state index contributed by atoms with van der Waals surface area (Å²) in [5, 5.41) is 0.211. The van der Waals surface area contributed by atoms with Crippen molar-refractivity contribution in [1.29, 1.82) is 0 Å². The van der Waals surface area contributed by atoms with Gasteiger partial charge in [0, 0.05) is 19.3 Å². The summed E-state index contributed by atoms with van der Waals surface area (Å²) in [7, 11) is 0.0220. The Balaban J connectivity index is 2.83. The van der Waals surface area contributed by atoms with Crippen molar-refractivity contribution in [1.82, 2.24) is 0 Å². The number of ether oxygens (including phenoxy) is 1. The number of aryl methyl sites for hydroxylation is 1. The van der Waals surface area contributed by atoms with Crippen LogP contribution in [0.3, 0.4) is 0 Å². The van der Waals surface area contributed by atoms with Gasteiger partial charge in [0.25, 0.3) is 0 Å². The van der Waals surface area contributed by atoms with Gasteiger partial charge in [0.1, 0.15) is 5.60 Å². The van der Waals surface area contributed by atoms with E-state index in [1.165, 1.54) is 5.56 Å². The maximum atomic E-state index is 12.4. The molecule has 148 valence electrons. The van der Waals surface area contributed by atoms with Crippen molar-refractivity contribution in [2.24, 2.45) is 0 Å². The lowest BCUT2D eigenvalue weighted by molar-refractivity contribution is 0.0589. The molecule has 0 aliphatic heterocycles. The minimum absolute atomic E-state index is 0.211. The molecule has 1 amide bonds. The van der Waals surface area contributed by atoms with E-state index in [4.69, 9.17) is 9.16 Å². The number of nitrogens with zero attached hydrogens (tertiary/aromatic N) is 1. The lowest BCUT2D eigenvalue weighted by Gasteiger charge is -2.36. The first kappa shape index (κ1) is 22.7. The SMILES string of the molecule is Cc1ccc(CCO[Si](C)(C)C(C)(C)C)cc1N(C)C(=O)OC(C)(C)C. The van der Waals surface area contributed by atoms with Gasteiger partial charge in [-0.2, -0.15) is 0 Å². The van der Waals surface area contributed by atoms with Crippen LogP contribution < -0.4 is 4.90 Å². The first-order valence-electron chi connectivity index (χ1n) is 9.34. The van der Waals surface area contributed by atoms with Crippen LogP contribution in [-0.2, 0) is 15.6 Å². The van der Waals surface area contributed by atoms with Crippen LogP contribution in [0.1, 0.15) is 52.7 Å². The Bertz CT molecular complexity index is 627. The number of anilines is 1. The Morgan fingerprint density at radius 2 is 1.69 bits per heavy atom. The molecule has 5 heteroatoms. The molecule has 0 fully saturated rings. The van der Waals surface area contributed by atoms with Crippen LogP contribution in [0.15, 0.2) is 18.2 Å². The zero-order valence-electron chi connectivity index (χ0n) is 18.3. The second-order valence-corrected chi connectivity index (χ2v) is 14.3. The summed E-state index contributed by atoms with van der Waals surface area (Å²) in [5.41, 5.74) is 2.59. The van der Waals surface area contributed by atoms with Gasteiger partial charge >= 0.3 is 6.09 Å². The van der Waals surface area contributed by atoms with Gasteiger partial charge in [0.15, 0.2) is 8.32 Å². The molecule has 0 saturated heterocycles. The highest BCUT2D eigenvalue weighted by atomic mass is 28.4. The van der Waals surface area contributed by atoms with Crippen molar-refractivity contribution in [2.45, 2.75) is 78.6 Å². The quantitative estimate of drug-likeness (QED) is 0.595. The van der Waals surface area contributed by atoms with Gasteiger partial charge in [0.05, 0.1) is 0 Å². The van der Waals surface area contributed by atoms with Crippen molar-refractivity contribution in [3.63, 3.8) is 0 Å². The zero-order valence-corrected chi connectivity index (χ0v) is 19.3. The molecular weight excluding hydrogens is 342 g/mol. The largest absolute Gasteiger partial charge is 0.443 e. The molecule has 1 aromatic carbocycles. The summed E-state index contributed by atoms with van der Waals surface area (Å²) >= 11 is 0. The molecule has 0 spiro atoms. The highest BCUT2D eigenvalue weighted by molar-refractivity contribution is 6.74. The van der Waals surface area contributed by atoms with Gasteiger partial charge in [-0.05, 0) is 69.4 Å². The van der Waals surface area contributed by atoms with Gasteiger partial charge in [0.2, 0.25) is 0 Å². The Hall–Kier alpha value is -1.33. The fourth-order valence-electron chi connectivity index (χ4n) is 2.24. The summed E-state index contributed by atoms with van der Waals surface area (Å²) in [6.07, 6.45) is 0.498. The molecule has 1 aromatic rings. The number of hydrogen-bond donors (Lipinski definition) is 0. The average Bonchev–Trinajstić information content (AvgIpc) is 2.45. The normalized spacial score (nSPS) is 12.8. The third kappa shape index (κ3) is 6.43. The lowest BCUT2D eigenvalue weighted by atomic mass is 10.1. The van der Waals surface area contributed by atoms with E-state index in [9.17, 15) is 4.79 Å². The van der Waals surface area contributed by atoms with Crippen LogP contribution in [-0.4, -0.2) is 33.7 Å². The van der Waals surface area contributed by atoms with E-state index in [2.05, 4.69) is 52.1 Å². The summed E-state index contributed by atoms with van der Waals surface area (Å²) < 4.78 is 11.8. The van der Waals surface area contributed by atoms with Gasteiger partial charge < -0.3 is 9.16 Å². The Labute approximate surface area is 161 Å². The van der Waals surface area contributed by atoms with E-state index in [0.717, 1.165) is 17.7 Å². The van der Waals surface area contributed by atoms with Crippen molar-refractivity contribution < 1.29 is 14.0 Å². The van der Waals surface area contributed by atoms with Crippen LogP contribution in [0.4, 0.5) is 10.5 Å². The average molecular weight is 380 g/mol. The summed E-state index contributed by atoms with van der Waals surface area (Å²) in [6.45, 7) is 19.6. The van der Waals surface area contributed by atoms with Crippen LogP contribution in [0.5, 0.6) is 0 Å². The molecule has 0 heterocycles. The highest BCUT2D eigenvalue weighted by Crippen LogP contribution is 2.36. The smallest absolute Gasteiger partial charge is 0.414 e. The topological polar surface area (TPSA) is 38.8 Å². The van der Waals surface area contributed by atoms with E-state index in [1.807, 2.05) is 27.7 Å². The van der Waals surface area contributed by atoms with Gasteiger partial charge in [-0.3, -0.25) is 4.90 Å². The lowest BCUT2D eigenvalue weighted by Crippen LogP contribution is -2.41. The first-order chi connectivity index (χ1) is 11.6. The molecule has 4 nitrogen and oxygen atoms in total. The summed E-state index contributed by atoms with van der Waals surface area (Å²) in [4.78, 5) is 13.9. The fraction of sp³-hybridized carbons (Fsp3) is 0.667. The Morgan fingerprint density at radius 3 is 2.19 bits per heavy atom. The predicted molar refractivity (Wildman–Crippen MR) is 113 cm³/mol. The van der Waals surface area contributed by atoms with Crippen LogP contribution >= 0.6 is 0 Å². The van der Waals surface area contributed by atoms with E-state index in [1.54, 1.807) is 11.9 Å². The van der Waals surface area contributed by atoms with E-state index in [-0.39, 0.29) is 11.1 Å². The molecular formula is C21H37NO3Si. The third-order valence-corrected chi connectivity index (χ3v) is 9.50. The van der Waals surface area contributed by atoms with Gasteiger partial charge in [-0.25, -0.2) is 4.79 Å². The second-order valence-electron chi connectivity index (χ2n) is 9.52. The monoisotopic (exact) mass is 379 g/mol. The molecule has 26 heavy (non-hydrogen) atoms. The molecule has 0 aromatic heterocycles. The number of amides is 1. The van der Waals surface area contributed by atoms with Crippen LogP contribution in [0.2, 0.25) is 18.1 Å². The number of carbonyl (C=O) groups excluding carboxylic acids is 1. The molecule has 0 saturated carbocycles. The fourth-order valence-corrected chi connectivity index (χ4v) is 3.29. The number of hydrogen-bond acceptors (Lipinski definition) is 3. The van der Waals surface area contributed by atoms with Gasteiger partial charge in [-0.1, -0.05) is 32.9 Å². The Morgan fingerprint density at radius 1 is 1.12 bits per heavy atom. The molecule has 0 radical (unpaired) electrons. The number of benzene rings is 1. The molecule has 0 bridgehead atoms. The van der Waals surface area contributed by atoms with Crippen LogP contribution in [0.25, 0.3) is 0 Å². The summed E-state index contributed by atoms with van der Waals surface area (Å²) in [6, 6.07) is 6.23. The maximum absolute atomic E-state index is 12.4. The van der Waals surface area contributed by atoms with Crippen molar-refractivity contribution >= 4 is 20.1 Å². The number of rotatable bonds is 5. The minimum Gasteiger partial charge on any atom is -0.443 e. The summed E-state index contributed by atoms with van der Waals surface area (Å²) in [5.74, 6) is 0. The van der Waals surface area contributed by atoms with Crippen molar-refractivity contribution in [3.05, 3.63) is 29.3 Å². The standard InChI is InChI=1S/C21H37NO3Si/c1-16-11-12-17(13-14-24-26(9,10)21(5,6)7)15-18(16)22(8)19(23)25-20(2,3)4/h11-12,15H,13-14H2,1-10H3. The predicted octanol–water partition coefficient (Wildman–Crippen LogP) is 5.93. The molecule has 0 aliphatic rings. The van der Waals surface area contributed by atoms with Crippen molar-refractivity contribution in [3.8, 4) is 0 Å². The first-order valence-corrected chi connectivity index (χ1v) is 12.2. The molecule has 0 N–H and O–H groups in total. The molecule has 0 atom stereocenters. The van der Waals surface area contributed by atoms with Crippen molar-refractivity contribution in [2.75, 3.05) is 18.6 Å². The number of carbonyl (C=O) groups is 1.